The quantitative estimate of drug-likeness (QED) is 0.683. The summed E-state index contributed by atoms with van der Waals surface area (Å²) < 4.78 is 5.29. The molecule has 2 aromatic rings. The number of carbonyl (C=O) groups is 2. The smallest absolute Gasteiger partial charge is 0.242 e. The van der Waals surface area contributed by atoms with E-state index in [1.165, 1.54) is 18.4 Å². The number of thiophene rings is 1. The summed E-state index contributed by atoms with van der Waals surface area (Å²) in [5.74, 6) is 0.847. The van der Waals surface area contributed by atoms with Gasteiger partial charge in [-0.2, -0.15) is 0 Å². The molecule has 7 heteroatoms. The van der Waals surface area contributed by atoms with Crippen LogP contribution in [0.2, 0.25) is 0 Å². The second-order valence-corrected chi connectivity index (χ2v) is 9.31. The van der Waals surface area contributed by atoms with Crippen LogP contribution in [0.4, 0.5) is 0 Å². The number of hydrogen-bond donors (Lipinski definition) is 1. The fourth-order valence-electron chi connectivity index (χ4n) is 4.65. The van der Waals surface area contributed by atoms with E-state index in [1.54, 1.807) is 23.3 Å². The summed E-state index contributed by atoms with van der Waals surface area (Å²) >= 11 is 1.59. The number of ether oxygens (including phenoxy) is 1. The normalized spacial score (nSPS) is 20.0. The summed E-state index contributed by atoms with van der Waals surface area (Å²) in [7, 11) is 1.67. The zero-order valence-corrected chi connectivity index (χ0v) is 18.9. The molecule has 2 amide bonds. The van der Waals surface area contributed by atoms with E-state index >= 15 is 0 Å². The third-order valence-corrected chi connectivity index (χ3v) is 7.21. The van der Waals surface area contributed by atoms with E-state index in [0.717, 1.165) is 36.6 Å². The van der Waals surface area contributed by atoms with Gasteiger partial charge in [-0.05, 0) is 67.9 Å². The zero-order valence-electron chi connectivity index (χ0n) is 18.1. The largest absolute Gasteiger partial charge is 0.497 e. The van der Waals surface area contributed by atoms with Crippen molar-refractivity contribution in [1.29, 1.82) is 0 Å². The van der Waals surface area contributed by atoms with E-state index < -0.39 is 0 Å². The van der Waals surface area contributed by atoms with Crippen LogP contribution in [-0.4, -0.2) is 60.9 Å². The van der Waals surface area contributed by atoms with Gasteiger partial charge in [0.1, 0.15) is 11.8 Å². The lowest BCUT2D eigenvalue weighted by Gasteiger charge is -2.30. The van der Waals surface area contributed by atoms with Crippen molar-refractivity contribution in [3.05, 3.63) is 52.2 Å². The van der Waals surface area contributed by atoms with Crippen LogP contribution < -0.4 is 10.1 Å². The molecule has 0 bridgehead atoms. The summed E-state index contributed by atoms with van der Waals surface area (Å²) in [5, 5.41) is 5.15. The number of nitrogens with one attached hydrogen (secondary N) is 1. The maximum absolute atomic E-state index is 13.1. The minimum absolute atomic E-state index is 0.0326. The molecule has 0 radical (unpaired) electrons. The second kappa shape index (κ2) is 10.3. The molecule has 2 saturated heterocycles. The topological polar surface area (TPSA) is 61.9 Å². The third kappa shape index (κ3) is 5.28. The molecule has 1 aromatic heterocycles. The lowest BCUT2D eigenvalue weighted by molar-refractivity contribution is -0.138. The van der Waals surface area contributed by atoms with Crippen LogP contribution in [0.3, 0.4) is 0 Å². The number of benzene rings is 1. The van der Waals surface area contributed by atoms with Crippen LogP contribution in [0, 0.1) is 0 Å². The van der Waals surface area contributed by atoms with Gasteiger partial charge in [-0.1, -0.05) is 18.2 Å². The van der Waals surface area contributed by atoms with Gasteiger partial charge in [0.2, 0.25) is 11.8 Å². The number of hydrogen-bond acceptors (Lipinski definition) is 5. The monoisotopic (exact) mass is 441 g/mol. The van der Waals surface area contributed by atoms with E-state index in [-0.39, 0.29) is 23.9 Å². The maximum atomic E-state index is 13.1. The average molecular weight is 442 g/mol. The molecule has 3 heterocycles. The minimum atomic E-state index is -0.359. The maximum Gasteiger partial charge on any atom is 0.242 e. The van der Waals surface area contributed by atoms with Crippen molar-refractivity contribution in [3.8, 4) is 5.75 Å². The van der Waals surface area contributed by atoms with Gasteiger partial charge < -0.3 is 15.0 Å². The molecule has 31 heavy (non-hydrogen) atoms. The molecule has 4 rings (SSSR count). The summed E-state index contributed by atoms with van der Waals surface area (Å²) in [6.07, 6.45) is 4.37. The SMILES string of the molecule is COc1ccc(C(CNC(=O)C2CCCN2C(=O)Cc2cccs2)N2CCCC2)cc1. The highest BCUT2D eigenvalue weighted by molar-refractivity contribution is 7.10. The zero-order chi connectivity index (χ0) is 21.6. The van der Waals surface area contributed by atoms with E-state index in [2.05, 4.69) is 22.3 Å². The van der Waals surface area contributed by atoms with Crippen LogP contribution in [0.15, 0.2) is 41.8 Å². The summed E-state index contributed by atoms with van der Waals surface area (Å²) in [6.45, 7) is 3.30. The number of carbonyl (C=O) groups excluding carboxylic acids is 2. The van der Waals surface area contributed by atoms with Crippen molar-refractivity contribution in [2.24, 2.45) is 0 Å². The van der Waals surface area contributed by atoms with E-state index in [9.17, 15) is 9.59 Å². The predicted octanol–water partition coefficient (Wildman–Crippen LogP) is 3.24. The predicted molar refractivity (Wildman–Crippen MR) is 122 cm³/mol. The number of nitrogens with zero attached hydrogens (tertiary/aromatic N) is 2. The number of likely N-dealkylation sites (tertiary alicyclic amines) is 2. The van der Waals surface area contributed by atoms with Crippen molar-refractivity contribution >= 4 is 23.2 Å². The molecule has 0 aliphatic carbocycles. The van der Waals surface area contributed by atoms with E-state index in [0.29, 0.717) is 19.5 Å². The van der Waals surface area contributed by atoms with Crippen molar-refractivity contribution < 1.29 is 14.3 Å². The number of rotatable bonds is 8. The molecule has 2 unspecified atom stereocenters. The molecule has 6 nitrogen and oxygen atoms in total. The molecule has 2 aliphatic rings. The Morgan fingerprint density at radius 1 is 1.13 bits per heavy atom. The average Bonchev–Trinajstić information content (AvgIpc) is 3.56. The van der Waals surface area contributed by atoms with Crippen molar-refractivity contribution in [2.75, 3.05) is 33.3 Å². The Morgan fingerprint density at radius 2 is 1.90 bits per heavy atom. The fourth-order valence-corrected chi connectivity index (χ4v) is 5.35. The molecule has 2 aliphatic heterocycles. The van der Waals surface area contributed by atoms with Crippen molar-refractivity contribution in [1.82, 2.24) is 15.1 Å². The van der Waals surface area contributed by atoms with Crippen LogP contribution in [0.1, 0.15) is 42.2 Å². The number of methoxy groups -OCH3 is 1. The van der Waals surface area contributed by atoms with Crippen molar-refractivity contribution in [3.63, 3.8) is 0 Å². The number of amides is 2. The van der Waals surface area contributed by atoms with Gasteiger partial charge in [0.15, 0.2) is 0 Å². The Bertz CT molecular complexity index is 863. The lowest BCUT2D eigenvalue weighted by atomic mass is 10.0. The molecule has 1 N–H and O–H groups in total. The van der Waals surface area contributed by atoms with Gasteiger partial charge in [-0.25, -0.2) is 0 Å². The molecule has 1 aromatic carbocycles. The summed E-state index contributed by atoms with van der Waals surface area (Å²) in [5.41, 5.74) is 1.18. The molecular formula is C24H31N3O3S. The molecule has 2 atom stereocenters. The summed E-state index contributed by atoms with van der Waals surface area (Å²) in [6, 6.07) is 11.8. The van der Waals surface area contributed by atoms with E-state index in [4.69, 9.17) is 4.74 Å². The standard InChI is InChI=1S/C24H31N3O3S/c1-30-19-10-8-18(9-11-19)22(26-12-2-3-13-26)17-25-24(29)21-7-4-14-27(21)23(28)16-20-6-5-15-31-20/h5-6,8-11,15,21-22H,2-4,7,12-14,16-17H2,1H3,(H,25,29). The minimum Gasteiger partial charge on any atom is -0.497 e. The Labute approximate surface area is 188 Å². The lowest BCUT2D eigenvalue weighted by Crippen LogP contribution is -2.48. The highest BCUT2D eigenvalue weighted by Gasteiger charge is 2.34. The third-order valence-electron chi connectivity index (χ3n) is 6.33. The van der Waals surface area contributed by atoms with Gasteiger partial charge in [0.25, 0.3) is 0 Å². The van der Waals surface area contributed by atoms with Gasteiger partial charge >= 0.3 is 0 Å². The Hall–Kier alpha value is -2.38. The fraction of sp³-hybridized carbons (Fsp3) is 0.500. The second-order valence-electron chi connectivity index (χ2n) is 8.28. The van der Waals surface area contributed by atoms with Gasteiger partial charge in [0.05, 0.1) is 19.6 Å². The van der Waals surface area contributed by atoms with Crippen LogP contribution in [0.5, 0.6) is 5.75 Å². The summed E-state index contributed by atoms with van der Waals surface area (Å²) in [4.78, 5) is 31.1. The first kappa shape index (κ1) is 21.8. The Morgan fingerprint density at radius 3 is 2.58 bits per heavy atom. The van der Waals surface area contributed by atoms with Gasteiger partial charge in [0, 0.05) is 18.0 Å². The molecule has 0 spiro atoms. The van der Waals surface area contributed by atoms with Gasteiger partial charge in [-0.3, -0.25) is 14.5 Å². The highest BCUT2D eigenvalue weighted by Crippen LogP contribution is 2.27. The molecule has 2 fully saturated rings. The Kier molecular flexibility index (Phi) is 7.25. The first-order valence-electron chi connectivity index (χ1n) is 11.1. The van der Waals surface area contributed by atoms with Gasteiger partial charge in [-0.15, -0.1) is 11.3 Å². The highest BCUT2D eigenvalue weighted by atomic mass is 32.1. The first-order chi connectivity index (χ1) is 15.2. The Balaban J connectivity index is 1.39. The van der Waals surface area contributed by atoms with E-state index in [1.807, 2.05) is 29.6 Å². The van der Waals surface area contributed by atoms with Crippen LogP contribution >= 0.6 is 11.3 Å². The van der Waals surface area contributed by atoms with Crippen LogP contribution in [0.25, 0.3) is 0 Å². The van der Waals surface area contributed by atoms with Crippen molar-refractivity contribution in [2.45, 2.75) is 44.2 Å². The first-order valence-corrected chi connectivity index (χ1v) is 12.0. The van der Waals surface area contributed by atoms with Crippen LogP contribution in [-0.2, 0) is 16.0 Å². The molecular weight excluding hydrogens is 410 g/mol. The molecule has 166 valence electrons. The molecule has 0 saturated carbocycles.